The Bertz CT molecular complexity index is 291. The van der Waals surface area contributed by atoms with E-state index in [1.807, 2.05) is 0 Å². The normalized spacial score (nSPS) is 12.5. The average molecular weight is 211 g/mol. The van der Waals surface area contributed by atoms with Gasteiger partial charge >= 0.3 is 0 Å². The van der Waals surface area contributed by atoms with Crippen molar-refractivity contribution in [2.24, 2.45) is 0 Å². The summed E-state index contributed by atoms with van der Waals surface area (Å²) in [6.07, 6.45) is 2.98. The molecule has 2 nitrogen and oxygen atoms in total. The molecule has 0 aliphatic carbocycles. The highest BCUT2D eigenvalue weighted by molar-refractivity contribution is 5.45. The topological polar surface area (TPSA) is 32.3 Å². The van der Waals surface area contributed by atoms with Crippen molar-refractivity contribution in [3.63, 3.8) is 0 Å². The van der Waals surface area contributed by atoms with Crippen molar-refractivity contribution in [2.45, 2.75) is 32.2 Å². The number of aliphatic hydroxyl groups excluding tert-OH is 1. The molecule has 0 bridgehead atoms. The van der Waals surface area contributed by atoms with Crippen LogP contribution in [0.5, 0.6) is 0 Å². The fourth-order valence-corrected chi connectivity index (χ4v) is 1.46. The van der Waals surface area contributed by atoms with Crippen LogP contribution < -0.4 is 5.32 Å². The highest BCUT2D eigenvalue weighted by atomic mass is 19.1. The Morgan fingerprint density at radius 1 is 1.40 bits per heavy atom. The zero-order valence-corrected chi connectivity index (χ0v) is 9.04. The van der Waals surface area contributed by atoms with E-state index in [1.54, 1.807) is 18.2 Å². The maximum atomic E-state index is 13.3. The summed E-state index contributed by atoms with van der Waals surface area (Å²) in [6.45, 7) is 2.13. The fourth-order valence-electron chi connectivity index (χ4n) is 1.46. The molecule has 0 aliphatic rings. The second kappa shape index (κ2) is 6.40. The minimum atomic E-state index is -0.271. The first kappa shape index (κ1) is 12.0. The van der Waals surface area contributed by atoms with Gasteiger partial charge in [0, 0.05) is 6.04 Å². The van der Waals surface area contributed by atoms with E-state index >= 15 is 0 Å². The Kier molecular flexibility index (Phi) is 5.12. The molecule has 1 rings (SSSR count). The molecule has 0 fully saturated rings. The van der Waals surface area contributed by atoms with Gasteiger partial charge in [-0.2, -0.15) is 0 Å². The minimum absolute atomic E-state index is 0.0360. The van der Waals surface area contributed by atoms with Gasteiger partial charge in [0.1, 0.15) is 5.82 Å². The van der Waals surface area contributed by atoms with Gasteiger partial charge in [-0.1, -0.05) is 31.9 Å². The summed E-state index contributed by atoms with van der Waals surface area (Å²) >= 11 is 0. The van der Waals surface area contributed by atoms with Crippen molar-refractivity contribution in [1.82, 2.24) is 0 Å². The molecule has 0 saturated carbocycles. The molecular formula is C12H18FNO. The number of unbranched alkanes of at least 4 members (excludes halogenated alkanes) is 1. The smallest absolute Gasteiger partial charge is 0.146 e. The van der Waals surface area contributed by atoms with Crippen LogP contribution in [0, 0.1) is 5.82 Å². The van der Waals surface area contributed by atoms with Gasteiger partial charge in [0.15, 0.2) is 0 Å². The molecule has 3 heteroatoms. The molecule has 0 heterocycles. The van der Waals surface area contributed by atoms with E-state index in [1.165, 1.54) is 6.07 Å². The molecule has 0 aromatic heterocycles. The van der Waals surface area contributed by atoms with Crippen LogP contribution >= 0.6 is 0 Å². The molecule has 2 N–H and O–H groups in total. The van der Waals surface area contributed by atoms with E-state index in [0.29, 0.717) is 5.69 Å². The number of halogens is 1. The van der Waals surface area contributed by atoms with E-state index in [4.69, 9.17) is 5.11 Å². The Balaban J connectivity index is 2.54. The monoisotopic (exact) mass is 211 g/mol. The quantitative estimate of drug-likeness (QED) is 0.758. The van der Waals surface area contributed by atoms with Gasteiger partial charge < -0.3 is 10.4 Å². The Hall–Kier alpha value is -1.09. The first-order valence-corrected chi connectivity index (χ1v) is 5.39. The van der Waals surface area contributed by atoms with Crippen molar-refractivity contribution >= 4 is 5.69 Å². The molecular weight excluding hydrogens is 193 g/mol. The van der Waals surface area contributed by atoms with Crippen molar-refractivity contribution in [3.8, 4) is 0 Å². The summed E-state index contributed by atoms with van der Waals surface area (Å²) in [6, 6.07) is 6.47. The van der Waals surface area contributed by atoms with Crippen molar-refractivity contribution in [2.75, 3.05) is 11.9 Å². The van der Waals surface area contributed by atoms with Gasteiger partial charge in [-0.05, 0) is 18.6 Å². The molecule has 0 aliphatic heterocycles. The Morgan fingerprint density at radius 2 is 2.13 bits per heavy atom. The zero-order valence-electron chi connectivity index (χ0n) is 9.04. The predicted octanol–water partition coefficient (Wildman–Crippen LogP) is 2.79. The summed E-state index contributed by atoms with van der Waals surface area (Å²) in [5, 5.41) is 12.1. The molecule has 0 amide bonds. The molecule has 0 radical (unpaired) electrons. The third-order valence-electron chi connectivity index (χ3n) is 2.36. The summed E-state index contributed by atoms with van der Waals surface area (Å²) in [5.41, 5.74) is 0.465. The van der Waals surface area contributed by atoms with E-state index in [9.17, 15) is 4.39 Å². The largest absolute Gasteiger partial charge is 0.394 e. The van der Waals surface area contributed by atoms with Gasteiger partial charge in [-0.15, -0.1) is 0 Å². The highest BCUT2D eigenvalue weighted by Gasteiger charge is 2.08. The van der Waals surface area contributed by atoms with Crippen LogP contribution in [0.25, 0.3) is 0 Å². The Labute approximate surface area is 90.1 Å². The maximum Gasteiger partial charge on any atom is 0.146 e. The lowest BCUT2D eigenvalue weighted by atomic mass is 10.1. The molecule has 0 saturated heterocycles. The van der Waals surface area contributed by atoms with Crippen LogP contribution in [-0.2, 0) is 0 Å². The lowest BCUT2D eigenvalue weighted by molar-refractivity contribution is 0.267. The van der Waals surface area contributed by atoms with Crippen LogP contribution in [0.15, 0.2) is 24.3 Å². The minimum Gasteiger partial charge on any atom is -0.394 e. The molecule has 84 valence electrons. The summed E-state index contributed by atoms with van der Waals surface area (Å²) in [7, 11) is 0. The molecule has 1 unspecified atom stereocenters. The van der Waals surface area contributed by atoms with E-state index in [2.05, 4.69) is 12.2 Å². The van der Waals surface area contributed by atoms with Gasteiger partial charge in [-0.25, -0.2) is 4.39 Å². The summed E-state index contributed by atoms with van der Waals surface area (Å²) in [5.74, 6) is -0.271. The van der Waals surface area contributed by atoms with Gasteiger partial charge in [0.2, 0.25) is 0 Å². The number of para-hydroxylation sites is 1. The maximum absolute atomic E-state index is 13.3. The van der Waals surface area contributed by atoms with Crippen molar-refractivity contribution in [3.05, 3.63) is 30.1 Å². The number of anilines is 1. The summed E-state index contributed by atoms with van der Waals surface area (Å²) < 4.78 is 13.3. The number of hydrogen-bond acceptors (Lipinski definition) is 2. The number of aliphatic hydroxyl groups is 1. The van der Waals surface area contributed by atoms with Crippen LogP contribution in [-0.4, -0.2) is 17.8 Å². The number of rotatable bonds is 6. The fraction of sp³-hybridized carbons (Fsp3) is 0.500. The van der Waals surface area contributed by atoms with Crippen LogP contribution in [0.2, 0.25) is 0 Å². The molecule has 1 aromatic rings. The summed E-state index contributed by atoms with van der Waals surface area (Å²) in [4.78, 5) is 0. The molecule has 0 spiro atoms. The van der Waals surface area contributed by atoms with Gasteiger partial charge in [-0.3, -0.25) is 0 Å². The third-order valence-corrected chi connectivity index (χ3v) is 2.36. The second-order valence-corrected chi connectivity index (χ2v) is 3.65. The second-order valence-electron chi connectivity index (χ2n) is 3.65. The van der Waals surface area contributed by atoms with E-state index in [-0.39, 0.29) is 18.5 Å². The van der Waals surface area contributed by atoms with Gasteiger partial charge in [0.25, 0.3) is 0 Å². The SMILES string of the molecule is CCCCC(CO)Nc1ccccc1F. The lowest BCUT2D eigenvalue weighted by Crippen LogP contribution is -2.24. The van der Waals surface area contributed by atoms with Crippen molar-refractivity contribution < 1.29 is 9.50 Å². The van der Waals surface area contributed by atoms with Gasteiger partial charge in [0.05, 0.1) is 12.3 Å². The number of benzene rings is 1. The first-order valence-electron chi connectivity index (χ1n) is 5.39. The van der Waals surface area contributed by atoms with Crippen LogP contribution in [0.1, 0.15) is 26.2 Å². The van der Waals surface area contributed by atoms with E-state index in [0.717, 1.165) is 19.3 Å². The lowest BCUT2D eigenvalue weighted by Gasteiger charge is -2.17. The van der Waals surface area contributed by atoms with E-state index < -0.39 is 0 Å². The molecule has 1 aromatic carbocycles. The average Bonchev–Trinajstić information content (AvgIpc) is 2.26. The predicted molar refractivity (Wildman–Crippen MR) is 60.4 cm³/mol. The molecule has 1 atom stereocenters. The third kappa shape index (κ3) is 3.88. The molecule has 15 heavy (non-hydrogen) atoms. The Morgan fingerprint density at radius 3 is 2.73 bits per heavy atom. The van der Waals surface area contributed by atoms with Crippen LogP contribution in [0.4, 0.5) is 10.1 Å². The highest BCUT2D eigenvalue weighted by Crippen LogP contribution is 2.15. The number of nitrogens with one attached hydrogen (secondary N) is 1. The van der Waals surface area contributed by atoms with Crippen LogP contribution in [0.3, 0.4) is 0 Å². The standard InChI is InChI=1S/C12H18FNO/c1-2-3-6-10(9-15)14-12-8-5-4-7-11(12)13/h4-5,7-8,10,14-15H,2-3,6,9H2,1H3. The number of hydrogen-bond donors (Lipinski definition) is 2. The first-order chi connectivity index (χ1) is 7.27. The van der Waals surface area contributed by atoms with Crippen molar-refractivity contribution in [1.29, 1.82) is 0 Å². The zero-order chi connectivity index (χ0) is 11.1.